The summed E-state index contributed by atoms with van der Waals surface area (Å²) in [4.78, 5) is 0. The fourth-order valence-electron chi connectivity index (χ4n) is 1.16. The molecule has 1 unspecified atom stereocenters. The van der Waals surface area contributed by atoms with E-state index in [0.717, 1.165) is 12.8 Å². The summed E-state index contributed by atoms with van der Waals surface area (Å²) < 4.78 is 1.43. The smallest absolute Gasteiger partial charge is 0.143 e. The summed E-state index contributed by atoms with van der Waals surface area (Å²) in [5, 5.41) is 9.49. The van der Waals surface area contributed by atoms with Gasteiger partial charge in [-0.25, -0.2) is 0 Å². The molecular weight excluding hydrogens is 310 g/mol. The highest BCUT2D eigenvalue weighted by atomic mass is 79.9. The largest absolute Gasteiger partial charge is 0.506 e. The van der Waals surface area contributed by atoms with Crippen molar-refractivity contribution in [2.24, 2.45) is 5.73 Å². The van der Waals surface area contributed by atoms with Crippen molar-refractivity contribution < 1.29 is 5.11 Å². The lowest BCUT2D eigenvalue weighted by Gasteiger charge is -2.07. The van der Waals surface area contributed by atoms with Crippen molar-refractivity contribution in [3.05, 3.63) is 26.6 Å². The van der Waals surface area contributed by atoms with Crippen molar-refractivity contribution in [1.82, 2.24) is 0 Å². The van der Waals surface area contributed by atoms with Gasteiger partial charge in [-0.1, -0.05) is 0 Å². The lowest BCUT2D eigenvalue weighted by Crippen LogP contribution is -2.15. The first-order valence-corrected chi connectivity index (χ1v) is 6.01. The van der Waals surface area contributed by atoms with Gasteiger partial charge in [-0.3, -0.25) is 0 Å². The van der Waals surface area contributed by atoms with Gasteiger partial charge in [0.25, 0.3) is 0 Å². The number of aryl methyl sites for hydroxylation is 1. The predicted molar refractivity (Wildman–Crippen MR) is 65.5 cm³/mol. The van der Waals surface area contributed by atoms with Crippen LogP contribution >= 0.6 is 31.9 Å². The van der Waals surface area contributed by atoms with E-state index < -0.39 is 0 Å². The van der Waals surface area contributed by atoms with E-state index in [9.17, 15) is 5.11 Å². The molecule has 1 aromatic rings. The molecule has 0 aromatic heterocycles. The molecule has 0 bridgehead atoms. The maximum Gasteiger partial charge on any atom is 0.143 e. The van der Waals surface area contributed by atoms with Crippen molar-refractivity contribution in [2.45, 2.75) is 25.8 Å². The van der Waals surface area contributed by atoms with E-state index in [1.807, 2.05) is 19.1 Å². The Morgan fingerprint density at radius 1 is 1.36 bits per heavy atom. The van der Waals surface area contributed by atoms with Gasteiger partial charge >= 0.3 is 0 Å². The number of hydrogen-bond donors (Lipinski definition) is 2. The second-order valence-electron chi connectivity index (χ2n) is 3.42. The first kappa shape index (κ1) is 12.0. The van der Waals surface area contributed by atoms with Crippen molar-refractivity contribution in [3.63, 3.8) is 0 Å². The Balaban J connectivity index is 2.79. The zero-order valence-corrected chi connectivity index (χ0v) is 11.1. The van der Waals surface area contributed by atoms with Gasteiger partial charge in [-0.15, -0.1) is 0 Å². The third-order valence-electron chi connectivity index (χ3n) is 1.97. The Morgan fingerprint density at radius 2 is 1.86 bits per heavy atom. The van der Waals surface area contributed by atoms with Gasteiger partial charge in [0.05, 0.1) is 8.95 Å². The van der Waals surface area contributed by atoms with E-state index in [0.29, 0.717) is 8.95 Å². The Morgan fingerprint density at radius 3 is 2.29 bits per heavy atom. The average Bonchev–Trinajstić information content (AvgIpc) is 2.10. The summed E-state index contributed by atoms with van der Waals surface area (Å²) in [6, 6.07) is 4.05. The van der Waals surface area contributed by atoms with Crippen LogP contribution in [0.2, 0.25) is 0 Å². The fourth-order valence-corrected chi connectivity index (χ4v) is 2.44. The van der Waals surface area contributed by atoms with Gasteiger partial charge < -0.3 is 10.8 Å². The van der Waals surface area contributed by atoms with Crippen LogP contribution in [0.25, 0.3) is 0 Å². The highest BCUT2D eigenvalue weighted by molar-refractivity contribution is 9.11. The van der Waals surface area contributed by atoms with Crippen LogP contribution in [0.4, 0.5) is 0 Å². The van der Waals surface area contributed by atoms with Crippen LogP contribution in [-0.4, -0.2) is 11.1 Å². The van der Waals surface area contributed by atoms with Crippen LogP contribution in [0, 0.1) is 0 Å². The fraction of sp³-hybridized carbons (Fsp3) is 0.400. The molecule has 0 spiro atoms. The summed E-state index contributed by atoms with van der Waals surface area (Å²) in [5.41, 5.74) is 6.84. The molecule has 0 aliphatic heterocycles. The Hall–Kier alpha value is -0.0600. The quantitative estimate of drug-likeness (QED) is 0.897. The van der Waals surface area contributed by atoms with Gasteiger partial charge in [0, 0.05) is 6.04 Å². The molecule has 0 aliphatic rings. The maximum atomic E-state index is 9.49. The Bertz CT molecular complexity index is 303. The number of rotatable bonds is 3. The van der Waals surface area contributed by atoms with Gasteiger partial charge in [0.15, 0.2) is 0 Å². The van der Waals surface area contributed by atoms with E-state index in [1.165, 1.54) is 5.56 Å². The predicted octanol–water partition coefficient (Wildman–Crippen LogP) is 3.20. The lowest BCUT2D eigenvalue weighted by molar-refractivity contribution is 0.468. The minimum absolute atomic E-state index is 0.210. The Labute approximate surface area is 101 Å². The molecule has 1 atom stereocenters. The molecule has 14 heavy (non-hydrogen) atoms. The second kappa shape index (κ2) is 5.14. The molecule has 0 radical (unpaired) electrons. The van der Waals surface area contributed by atoms with E-state index in [4.69, 9.17) is 5.73 Å². The van der Waals surface area contributed by atoms with Crippen molar-refractivity contribution >= 4 is 31.9 Å². The van der Waals surface area contributed by atoms with Crippen LogP contribution in [0.15, 0.2) is 21.1 Å². The van der Waals surface area contributed by atoms with Gasteiger partial charge in [0.1, 0.15) is 5.75 Å². The van der Waals surface area contributed by atoms with E-state index in [1.54, 1.807) is 0 Å². The van der Waals surface area contributed by atoms with Gasteiger partial charge in [-0.2, -0.15) is 0 Å². The molecule has 78 valence electrons. The zero-order valence-electron chi connectivity index (χ0n) is 7.93. The molecule has 2 nitrogen and oxygen atoms in total. The summed E-state index contributed by atoms with van der Waals surface area (Å²) in [7, 11) is 0. The normalized spacial score (nSPS) is 12.9. The number of halogens is 2. The summed E-state index contributed by atoms with van der Waals surface area (Å²) in [6.07, 6.45) is 1.87. The third kappa shape index (κ3) is 3.26. The number of aromatic hydroxyl groups is 1. The second-order valence-corrected chi connectivity index (χ2v) is 5.13. The van der Waals surface area contributed by atoms with E-state index in [2.05, 4.69) is 31.9 Å². The minimum Gasteiger partial charge on any atom is -0.506 e. The molecule has 0 aliphatic carbocycles. The van der Waals surface area contributed by atoms with Crippen molar-refractivity contribution in [1.29, 1.82) is 0 Å². The summed E-state index contributed by atoms with van der Waals surface area (Å²) in [5.74, 6) is 0.245. The van der Waals surface area contributed by atoms with Crippen LogP contribution in [-0.2, 0) is 6.42 Å². The maximum absolute atomic E-state index is 9.49. The SMILES string of the molecule is CC(N)CCc1cc(Br)c(O)c(Br)c1. The molecule has 0 amide bonds. The van der Waals surface area contributed by atoms with E-state index >= 15 is 0 Å². The highest BCUT2D eigenvalue weighted by Gasteiger charge is 2.06. The highest BCUT2D eigenvalue weighted by Crippen LogP contribution is 2.33. The molecule has 4 heteroatoms. The molecule has 0 saturated carbocycles. The molecule has 1 aromatic carbocycles. The monoisotopic (exact) mass is 321 g/mol. The molecule has 1 rings (SSSR count). The standard InChI is InChI=1S/C10H13Br2NO/c1-6(13)2-3-7-4-8(11)10(14)9(12)5-7/h4-6,14H,2-3,13H2,1H3. The van der Waals surface area contributed by atoms with Crippen molar-refractivity contribution in [3.8, 4) is 5.75 Å². The topological polar surface area (TPSA) is 46.2 Å². The molecule has 0 saturated heterocycles. The van der Waals surface area contributed by atoms with Gasteiger partial charge in [0.2, 0.25) is 0 Å². The number of nitrogens with two attached hydrogens (primary N) is 1. The number of phenols is 1. The first-order chi connectivity index (χ1) is 6.50. The molecule has 3 N–H and O–H groups in total. The number of benzene rings is 1. The number of hydrogen-bond acceptors (Lipinski definition) is 2. The summed E-state index contributed by atoms with van der Waals surface area (Å²) in [6.45, 7) is 1.99. The van der Waals surface area contributed by atoms with E-state index in [-0.39, 0.29) is 11.8 Å². The first-order valence-electron chi connectivity index (χ1n) is 4.43. The zero-order chi connectivity index (χ0) is 10.7. The molecule has 0 heterocycles. The van der Waals surface area contributed by atoms with Crippen LogP contribution in [0.5, 0.6) is 5.75 Å². The van der Waals surface area contributed by atoms with Crippen LogP contribution in [0.1, 0.15) is 18.9 Å². The van der Waals surface area contributed by atoms with Crippen LogP contribution in [0.3, 0.4) is 0 Å². The Kier molecular flexibility index (Phi) is 4.41. The van der Waals surface area contributed by atoms with Gasteiger partial charge in [-0.05, 0) is 69.3 Å². The van der Waals surface area contributed by atoms with Crippen molar-refractivity contribution in [2.75, 3.05) is 0 Å². The summed E-state index contributed by atoms with van der Waals surface area (Å²) >= 11 is 6.59. The van der Waals surface area contributed by atoms with Crippen LogP contribution < -0.4 is 5.73 Å². The third-order valence-corrected chi connectivity index (χ3v) is 3.17. The molecule has 0 fully saturated rings. The minimum atomic E-state index is 0.210. The average molecular weight is 323 g/mol. The number of phenolic OH excluding ortho intramolecular Hbond substituents is 1. The lowest BCUT2D eigenvalue weighted by atomic mass is 10.1. The molecular formula is C10H13Br2NO.